The van der Waals surface area contributed by atoms with Crippen molar-refractivity contribution >= 4 is 15.9 Å². The Morgan fingerprint density at radius 1 is 1.19 bits per heavy atom. The van der Waals surface area contributed by atoms with Crippen molar-refractivity contribution < 1.29 is 18.3 Å². The fourth-order valence-electron chi connectivity index (χ4n) is 2.07. The number of benzene rings is 1. The maximum Gasteiger partial charge on any atom is 0.240 e. The molecule has 2 rings (SSSR count). The van der Waals surface area contributed by atoms with Crippen LogP contribution in [0, 0.1) is 5.92 Å². The quantitative estimate of drug-likeness (QED) is 0.522. The molecule has 2 unspecified atom stereocenters. The number of carbonyl (C=O) groups excluding carboxylic acids is 1. The lowest BCUT2D eigenvalue weighted by atomic mass is 9.99. The second-order valence-electron chi connectivity index (χ2n) is 4.80. The van der Waals surface area contributed by atoms with E-state index in [1.54, 1.807) is 24.3 Å². The van der Waals surface area contributed by atoms with Gasteiger partial charge >= 0.3 is 0 Å². The Morgan fingerprint density at radius 3 is 2.57 bits per heavy atom. The number of rotatable bonds is 6. The lowest BCUT2D eigenvalue weighted by Gasteiger charge is -2.20. The average Bonchev–Trinajstić information content (AvgIpc) is 2.46. The van der Waals surface area contributed by atoms with E-state index in [0.29, 0.717) is 12.8 Å². The van der Waals surface area contributed by atoms with Gasteiger partial charge in [-0.2, -0.15) is 0 Å². The Bertz CT molecular complexity index is 613. The van der Waals surface area contributed by atoms with Gasteiger partial charge in [0.05, 0.1) is 10.8 Å². The van der Waals surface area contributed by atoms with E-state index in [1.165, 1.54) is 18.2 Å². The molecule has 0 saturated heterocycles. The van der Waals surface area contributed by atoms with E-state index in [1.807, 2.05) is 0 Å². The Labute approximate surface area is 123 Å². The molecule has 1 aliphatic rings. The van der Waals surface area contributed by atoms with Crippen LogP contribution in [0.4, 0.5) is 0 Å². The highest BCUT2D eigenvalue weighted by atomic mass is 32.2. The van der Waals surface area contributed by atoms with Crippen LogP contribution in [0.2, 0.25) is 0 Å². The van der Waals surface area contributed by atoms with Crippen LogP contribution in [0.3, 0.4) is 0 Å². The van der Waals surface area contributed by atoms with Crippen LogP contribution in [0.5, 0.6) is 0 Å². The first-order valence-electron chi connectivity index (χ1n) is 6.70. The Kier molecular flexibility index (Phi) is 5.11. The molecule has 21 heavy (non-hydrogen) atoms. The molecule has 0 fully saturated rings. The molecule has 1 aromatic carbocycles. The van der Waals surface area contributed by atoms with E-state index in [9.17, 15) is 18.3 Å². The molecular weight excluding hydrogens is 292 g/mol. The highest BCUT2D eigenvalue weighted by Crippen LogP contribution is 2.13. The van der Waals surface area contributed by atoms with Gasteiger partial charge in [-0.1, -0.05) is 24.3 Å². The summed E-state index contributed by atoms with van der Waals surface area (Å²) in [7, 11) is -3.49. The third-order valence-corrected chi connectivity index (χ3v) is 4.67. The summed E-state index contributed by atoms with van der Waals surface area (Å²) in [6.07, 6.45) is 3.29. The molecule has 1 amide bonds. The number of nitrogens with one attached hydrogen (secondary N) is 2. The summed E-state index contributed by atoms with van der Waals surface area (Å²) in [5, 5.41) is 11.6. The molecule has 0 radical (unpaired) electrons. The SMILES string of the molecule is O=C1NC(O)C=CC1CCCNS(=O)(=O)c1ccccc1. The number of sulfonamides is 1. The van der Waals surface area contributed by atoms with Crippen molar-refractivity contribution in [2.45, 2.75) is 24.0 Å². The number of amides is 1. The second kappa shape index (κ2) is 6.84. The minimum absolute atomic E-state index is 0.225. The summed E-state index contributed by atoms with van der Waals surface area (Å²) in [6, 6.07) is 8.14. The van der Waals surface area contributed by atoms with Gasteiger partial charge < -0.3 is 10.4 Å². The Balaban J connectivity index is 1.80. The van der Waals surface area contributed by atoms with Crippen LogP contribution < -0.4 is 10.0 Å². The molecule has 1 aliphatic heterocycles. The summed E-state index contributed by atoms with van der Waals surface area (Å²) in [5.74, 6) is -0.564. The van der Waals surface area contributed by atoms with E-state index in [0.717, 1.165) is 0 Å². The Hall–Kier alpha value is -1.70. The lowest BCUT2D eigenvalue weighted by Crippen LogP contribution is -2.40. The first-order valence-corrected chi connectivity index (χ1v) is 8.19. The summed E-state index contributed by atoms with van der Waals surface area (Å²) < 4.78 is 26.4. The molecule has 3 N–H and O–H groups in total. The second-order valence-corrected chi connectivity index (χ2v) is 6.56. The standard InChI is InChI=1S/C14H18N2O4S/c17-13-9-8-11(14(18)16-13)5-4-10-15-21(19,20)12-6-2-1-3-7-12/h1-3,6-9,11,13,15,17H,4-5,10H2,(H,16,18). The van der Waals surface area contributed by atoms with Gasteiger partial charge in [0.2, 0.25) is 15.9 Å². The predicted molar refractivity (Wildman–Crippen MR) is 77.6 cm³/mol. The van der Waals surface area contributed by atoms with Crippen LogP contribution in [0.25, 0.3) is 0 Å². The van der Waals surface area contributed by atoms with Crippen molar-refractivity contribution in [2.24, 2.45) is 5.92 Å². The molecule has 0 aromatic heterocycles. The molecule has 7 heteroatoms. The van der Waals surface area contributed by atoms with Gasteiger partial charge in [0, 0.05) is 6.54 Å². The van der Waals surface area contributed by atoms with Gasteiger partial charge in [-0.25, -0.2) is 13.1 Å². The van der Waals surface area contributed by atoms with Crippen molar-refractivity contribution in [2.75, 3.05) is 6.54 Å². The highest BCUT2D eigenvalue weighted by Gasteiger charge is 2.21. The number of carbonyl (C=O) groups is 1. The van der Waals surface area contributed by atoms with Crippen LogP contribution >= 0.6 is 0 Å². The zero-order chi connectivity index (χ0) is 15.3. The van der Waals surface area contributed by atoms with Crippen molar-refractivity contribution in [1.29, 1.82) is 0 Å². The maximum absolute atomic E-state index is 12.0. The summed E-state index contributed by atoms with van der Waals surface area (Å²) in [6.45, 7) is 0.261. The van der Waals surface area contributed by atoms with Gasteiger partial charge in [0.1, 0.15) is 6.23 Å². The zero-order valence-electron chi connectivity index (χ0n) is 11.4. The third kappa shape index (κ3) is 4.38. The molecule has 1 heterocycles. The monoisotopic (exact) mass is 310 g/mol. The largest absolute Gasteiger partial charge is 0.370 e. The molecule has 0 spiro atoms. The normalized spacial score (nSPS) is 22.0. The molecule has 6 nitrogen and oxygen atoms in total. The molecular formula is C14H18N2O4S. The molecule has 1 aromatic rings. The third-order valence-electron chi connectivity index (χ3n) is 3.19. The minimum atomic E-state index is -3.49. The van der Waals surface area contributed by atoms with E-state index < -0.39 is 16.3 Å². The fraction of sp³-hybridized carbons (Fsp3) is 0.357. The molecule has 0 bridgehead atoms. The first kappa shape index (κ1) is 15.7. The van der Waals surface area contributed by atoms with Gasteiger partial charge in [0.25, 0.3) is 0 Å². The number of aliphatic hydroxyl groups is 1. The summed E-state index contributed by atoms with van der Waals surface area (Å²) in [5.41, 5.74) is 0. The minimum Gasteiger partial charge on any atom is -0.370 e. The van der Waals surface area contributed by atoms with Gasteiger partial charge in [-0.05, 0) is 31.1 Å². The summed E-state index contributed by atoms with van der Waals surface area (Å²) in [4.78, 5) is 11.8. The topological polar surface area (TPSA) is 95.5 Å². The van der Waals surface area contributed by atoms with Crippen molar-refractivity contribution in [3.8, 4) is 0 Å². The van der Waals surface area contributed by atoms with Gasteiger partial charge in [-0.15, -0.1) is 0 Å². The molecule has 2 atom stereocenters. The van der Waals surface area contributed by atoms with E-state index >= 15 is 0 Å². The summed E-state index contributed by atoms with van der Waals surface area (Å²) >= 11 is 0. The smallest absolute Gasteiger partial charge is 0.240 e. The van der Waals surface area contributed by atoms with Crippen molar-refractivity contribution in [1.82, 2.24) is 10.0 Å². The fourth-order valence-corrected chi connectivity index (χ4v) is 3.16. The predicted octanol–water partition coefficient (Wildman–Crippen LogP) is 0.366. The van der Waals surface area contributed by atoms with Crippen LogP contribution in [-0.2, 0) is 14.8 Å². The van der Waals surface area contributed by atoms with Crippen molar-refractivity contribution in [3.05, 3.63) is 42.5 Å². The van der Waals surface area contributed by atoms with Crippen molar-refractivity contribution in [3.63, 3.8) is 0 Å². The van der Waals surface area contributed by atoms with Crippen LogP contribution in [-0.4, -0.2) is 32.2 Å². The average molecular weight is 310 g/mol. The molecule has 114 valence electrons. The first-order chi connectivity index (χ1) is 9.99. The lowest BCUT2D eigenvalue weighted by molar-refractivity contribution is -0.126. The van der Waals surface area contributed by atoms with Gasteiger partial charge in [0.15, 0.2) is 0 Å². The Morgan fingerprint density at radius 2 is 1.90 bits per heavy atom. The van der Waals surface area contributed by atoms with Crippen LogP contribution in [0.1, 0.15) is 12.8 Å². The maximum atomic E-state index is 12.0. The number of hydrogen-bond donors (Lipinski definition) is 3. The molecule has 0 saturated carbocycles. The zero-order valence-corrected chi connectivity index (χ0v) is 12.2. The van der Waals surface area contributed by atoms with E-state index in [4.69, 9.17) is 0 Å². The van der Waals surface area contributed by atoms with Gasteiger partial charge in [-0.3, -0.25) is 4.79 Å². The van der Waals surface area contributed by atoms with E-state index in [-0.39, 0.29) is 23.3 Å². The van der Waals surface area contributed by atoms with E-state index in [2.05, 4.69) is 10.0 Å². The highest BCUT2D eigenvalue weighted by molar-refractivity contribution is 7.89. The number of hydrogen-bond acceptors (Lipinski definition) is 4. The number of aliphatic hydroxyl groups excluding tert-OH is 1. The molecule has 0 aliphatic carbocycles. The van der Waals surface area contributed by atoms with Crippen LogP contribution in [0.15, 0.2) is 47.4 Å².